The minimum Gasteiger partial charge on any atom is -0.497 e. The lowest BCUT2D eigenvalue weighted by Crippen LogP contribution is -2.21. The van der Waals surface area contributed by atoms with Crippen molar-refractivity contribution in [2.24, 2.45) is 0 Å². The van der Waals surface area contributed by atoms with E-state index < -0.39 is 0 Å². The average molecular weight is 460 g/mol. The van der Waals surface area contributed by atoms with Gasteiger partial charge in [0.05, 0.1) is 39.7 Å². The number of hydrogen-bond acceptors (Lipinski definition) is 8. The van der Waals surface area contributed by atoms with Gasteiger partial charge in [0, 0.05) is 18.2 Å². The second kappa shape index (κ2) is 8.66. The maximum Gasteiger partial charge on any atom is 0.252 e. The van der Waals surface area contributed by atoms with Crippen LogP contribution >= 0.6 is 0 Å². The lowest BCUT2D eigenvalue weighted by Gasteiger charge is -2.24. The quantitative estimate of drug-likeness (QED) is 0.429. The molecule has 0 aliphatic heterocycles. The number of nitrogens with zero attached hydrogens (tertiary/aromatic N) is 4. The number of aromatic nitrogens is 4. The van der Waals surface area contributed by atoms with Gasteiger partial charge >= 0.3 is 0 Å². The van der Waals surface area contributed by atoms with Crippen LogP contribution in [-0.4, -0.2) is 53.8 Å². The molecule has 34 heavy (non-hydrogen) atoms. The number of fused-ring (bicyclic) bond motifs is 2. The van der Waals surface area contributed by atoms with Crippen LogP contribution in [0.3, 0.4) is 0 Å². The molecule has 0 saturated carbocycles. The van der Waals surface area contributed by atoms with E-state index in [2.05, 4.69) is 10.1 Å². The fraction of sp³-hybridized carbons (Fsp3) is 0.280. The largest absolute Gasteiger partial charge is 0.497 e. The van der Waals surface area contributed by atoms with E-state index in [-0.39, 0.29) is 11.7 Å². The lowest BCUT2D eigenvalue weighted by atomic mass is 9.82. The Morgan fingerprint density at radius 1 is 0.882 bits per heavy atom. The Labute approximate surface area is 196 Å². The standard InChI is InChI=1S/C25H24N4O5/c1-31-17-7-5-14(6-8-17)24-27-25-26-19-9-15(10-20(30)18(19)13-29(25)28-24)16-11-21(32-2)23(34-4)22(12-16)33-3/h5-8,11-13,15H,9-10H2,1-4H3/t15-/m0/s1. The van der Waals surface area contributed by atoms with Crippen LogP contribution in [0.4, 0.5) is 0 Å². The third-order valence-corrected chi connectivity index (χ3v) is 6.09. The Bertz CT molecular complexity index is 1360. The molecule has 1 aliphatic carbocycles. The van der Waals surface area contributed by atoms with E-state index in [4.69, 9.17) is 23.9 Å². The number of hydrogen-bond donors (Lipinski definition) is 0. The van der Waals surface area contributed by atoms with Crippen molar-refractivity contribution in [3.63, 3.8) is 0 Å². The van der Waals surface area contributed by atoms with Crippen LogP contribution in [0.5, 0.6) is 23.0 Å². The zero-order chi connectivity index (χ0) is 23.8. The summed E-state index contributed by atoms with van der Waals surface area (Å²) in [4.78, 5) is 22.4. The van der Waals surface area contributed by atoms with Crippen molar-refractivity contribution in [1.82, 2.24) is 19.6 Å². The molecule has 2 aromatic carbocycles. The monoisotopic (exact) mass is 460 g/mol. The van der Waals surface area contributed by atoms with Gasteiger partial charge in [0.25, 0.3) is 5.78 Å². The molecule has 2 aromatic heterocycles. The van der Waals surface area contributed by atoms with Crippen LogP contribution in [0.15, 0.2) is 42.6 Å². The van der Waals surface area contributed by atoms with E-state index >= 15 is 0 Å². The molecule has 0 radical (unpaired) electrons. The molecule has 174 valence electrons. The maximum atomic E-state index is 13.1. The Hall–Kier alpha value is -4.14. The molecule has 5 rings (SSSR count). The summed E-state index contributed by atoms with van der Waals surface area (Å²) in [6, 6.07) is 11.3. The molecule has 0 saturated heterocycles. The summed E-state index contributed by atoms with van der Waals surface area (Å²) in [6.07, 6.45) is 2.66. The van der Waals surface area contributed by atoms with Crippen molar-refractivity contribution in [1.29, 1.82) is 0 Å². The fourth-order valence-electron chi connectivity index (χ4n) is 4.32. The number of Topliss-reactive ketones (excluding diaryl/α,β-unsaturated/α-hetero) is 1. The van der Waals surface area contributed by atoms with Gasteiger partial charge in [0.15, 0.2) is 23.1 Å². The average Bonchev–Trinajstić information content (AvgIpc) is 3.29. The molecule has 9 heteroatoms. The Balaban J connectivity index is 1.51. The van der Waals surface area contributed by atoms with Crippen LogP contribution in [0.1, 0.15) is 34.0 Å². The first-order chi connectivity index (χ1) is 16.5. The Kier molecular flexibility index (Phi) is 5.53. The van der Waals surface area contributed by atoms with Crippen molar-refractivity contribution in [3.8, 4) is 34.4 Å². The molecule has 0 bridgehead atoms. The molecule has 4 aromatic rings. The molecule has 0 amide bonds. The zero-order valence-corrected chi connectivity index (χ0v) is 19.4. The fourth-order valence-corrected chi connectivity index (χ4v) is 4.32. The summed E-state index contributed by atoms with van der Waals surface area (Å²) >= 11 is 0. The highest BCUT2D eigenvalue weighted by molar-refractivity contribution is 5.98. The number of methoxy groups -OCH3 is 4. The first kappa shape index (κ1) is 21.7. The van der Waals surface area contributed by atoms with Crippen LogP contribution in [0.2, 0.25) is 0 Å². The normalized spacial score (nSPS) is 15.2. The van der Waals surface area contributed by atoms with Crippen molar-refractivity contribution in [2.45, 2.75) is 18.8 Å². The predicted molar refractivity (Wildman–Crippen MR) is 124 cm³/mol. The number of ketones is 1. The number of benzene rings is 2. The van der Waals surface area contributed by atoms with Crippen LogP contribution in [0.25, 0.3) is 17.2 Å². The van der Waals surface area contributed by atoms with Gasteiger partial charge in [-0.25, -0.2) is 9.50 Å². The zero-order valence-electron chi connectivity index (χ0n) is 19.4. The van der Waals surface area contributed by atoms with Crippen molar-refractivity contribution < 1.29 is 23.7 Å². The number of rotatable bonds is 6. The van der Waals surface area contributed by atoms with Crippen LogP contribution in [-0.2, 0) is 6.42 Å². The smallest absolute Gasteiger partial charge is 0.252 e. The minimum atomic E-state index is -0.0763. The molecule has 0 fully saturated rings. The predicted octanol–water partition coefficient (Wildman–Crippen LogP) is 3.74. The highest BCUT2D eigenvalue weighted by Gasteiger charge is 2.30. The summed E-state index contributed by atoms with van der Waals surface area (Å²) in [5.74, 6) is 3.30. The SMILES string of the molecule is COc1ccc(-c2nc3nc4c(cn3n2)C(=O)C[C@@H](c2cc(OC)c(OC)c(OC)c2)C4)cc1. The van der Waals surface area contributed by atoms with E-state index in [1.165, 1.54) is 0 Å². The van der Waals surface area contributed by atoms with Crippen molar-refractivity contribution in [2.75, 3.05) is 28.4 Å². The number of ether oxygens (including phenoxy) is 4. The molecular formula is C25H24N4O5. The number of carbonyl (C=O) groups is 1. The third-order valence-electron chi connectivity index (χ3n) is 6.09. The first-order valence-corrected chi connectivity index (χ1v) is 10.8. The molecular weight excluding hydrogens is 436 g/mol. The van der Waals surface area contributed by atoms with E-state index in [0.717, 1.165) is 16.9 Å². The summed E-state index contributed by atoms with van der Waals surface area (Å²) in [5.41, 5.74) is 3.04. The molecule has 1 atom stereocenters. The van der Waals surface area contributed by atoms with Gasteiger partial charge in [-0.3, -0.25) is 4.79 Å². The van der Waals surface area contributed by atoms with E-state index in [9.17, 15) is 4.79 Å². The summed E-state index contributed by atoms with van der Waals surface area (Å²) in [6.45, 7) is 0. The van der Waals surface area contributed by atoms with E-state index in [1.807, 2.05) is 36.4 Å². The third kappa shape index (κ3) is 3.68. The molecule has 0 spiro atoms. The summed E-state index contributed by atoms with van der Waals surface area (Å²) < 4.78 is 23.2. The van der Waals surface area contributed by atoms with Gasteiger partial charge in [-0.1, -0.05) is 0 Å². The second-order valence-electron chi connectivity index (χ2n) is 8.00. The molecule has 0 N–H and O–H groups in total. The van der Waals surface area contributed by atoms with Crippen LogP contribution < -0.4 is 18.9 Å². The maximum absolute atomic E-state index is 13.1. The van der Waals surface area contributed by atoms with Gasteiger partial charge in [0.1, 0.15) is 5.75 Å². The van der Waals surface area contributed by atoms with Crippen molar-refractivity contribution in [3.05, 3.63) is 59.4 Å². The van der Waals surface area contributed by atoms with Crippen molar-refractivity contribution >= 4 is 11.6 Å². The Morgan fingerprint density at radius 2 is 1.59 bits per heavy atom. The summed E-state index contributed by atoms with van der Waals surface area (Å²) in [7, 11) is 6.34. The minimum absolute atomic E-state index is 0.0101. The first-order valence-electron chi connectivity index (χ1n) is 10.8. The Morgan fingerprint density at radius 3 is 2.21 bits per heavy atom. The van der Waals surface area contributed by atoms with Gasteiger partial charge in [-0.15, -0.1) is 5.10 Å². The van der Waals surface area contributed by atoms with Gasteiger partial charge < -0.3 is 18.9 Å². The highest BCUT2D eigenvalue weighted by Crippen LogP contribution is 2.42. The van der Waals surface area contributed by atoms with E-state index in [1.54, 1.807) is 39.2 Å². The van der Waals surface area contributed by atoms with E-state index in [0.29, 0.717) is 52.9 Å². The summed E-state index contributed by atoms with van der Waals surface area (Å²) in [5, 5.41) is 4.53. The molecule has 1 aliphatic rings. The van der Waals surface area contributed by atoms with Gasteiger partial charge in [-0.2, -0.15) is 4.98 Å². The lowest BCUT2D eigenvalue weighted by molar-refractivity contribution is 0.0962. The highest BCUT2D eigenvalue weighted by atomic mass is 16.5. The molecule has 9 nitrogen and oxygen atoms in total. The van der Waals surface area contributed by atoms with Crippen LogP contribution in [0, 0.1) is 0 Å². The molecule has 2 heterocycles. The topological polar surface area (TPSA) is 97.1 Å². The van der Waals surface area contributed by atoms with Gasteiger partial charge in [0.2, 0.25) is 5.75 Å². The molecule has 0 unspecified atom stereocenters. The van der Waals surface area contributed by atoms with Gasteiger partial charge in [-0.05, 0) is 54.3 Å². The number of carbonyl (C=O) groups excluding carboxylic acids is 1. The second-order valence-corrected chi connectivity index (χ2v) is 8.00.